The average Bonchev–Trinajstić information content (AvgIpc) is 2.38. The quantitative estimate of drug-likeness (QED) is 0.679. The van der Waals surface area contributed by atoms with Gasteiger partial charge in [-0.2, -0.15) is 0 Å². The highest BCUT2D eigenvalue weighted by molar-refractivity contribution is 5.92. The number of rotatable bonds is 1. The zero-order chi connectivity index (χ0) is 11.0. The maximum Gasteiger partial charge on any atom is 0.149 e. The van der Waals surface area contributed by atoms with Crippen LogP contribution in [-0.4, -0.2) is 17.9 Å². The van der Waals surface area contributed by atoms with Gasteiger partial charge in [0.25, 0.3) is 0 Å². The highest BCUT2D eigenvalue weighted by atomic mass is 16.5. The summed E-state index contributed by atoms with van der Waals surface area (Å²) in [5, 5.41) is 0.987. The highest BCUT2D eigenvalue weighted by Gasteiger charge is 2.14. The number of carbonyl (C=O) groups excluding carboxylic acids is 1. The van der Waals surface area contributed by atoms with Crippen molar-refractivity contribution in [3.8, 4) is 5.75 Å². The molecule has 1 aliphatic rings. The van der Waals surface area contributed by atoms with Crippen molar-refractivity contribution in [2.24, 2.45) is 0 Å². The van der Waals surface area contributed by atoms with Crippen LogP contribution in [0.3, 0.4) is 0 Å². The lowest BCUT2D eigenvalue weighted by Gasteiger charge is -2.16. The number of fused-ring (bicyclic) bond motifs is 3. The summed E-state index contributed by atoms with van der Waals surface area (Å²) in [4.78, 5) is 15.0. The molecule has 0 bridgehead atoms. The summed E-state index contributed by atoms with van der Waals surface area (Å²) in [6, 6.07) is 7.81. The van der Waals surface area contributed by atoms with Crippen molar-refractivity contribution in [3.05, 3.63) is 41.6 Å². The van der Waals surface area contributed by atoms with Crippen LogP contribution in [0.5, 0.6) is 5.75 Å². The Morgan fingerprint density at radius 3 is 3.06 bits per heavy atom. The molecule has 3 rings (SSSR count). The Balaban J connectivity index is 2.29. The molecule has 0 atom stereocenters. The Morgan fingerprint density at radius 1 is 1.31 bits per heavy atom. The second-order valence-electron chi connectivity index (χ2n) is 3.69. The lowest BCUT2D eigenvalue weighted by atomic mass is 10.1. The van der Waals surface area contributed by atoms with Crippen LogP contribution in [0.15, 0.2) is 36.0 Å². The van der Waals surface area contributed by atoms with Gasteiger partial charge < -0.3 is 4.74 Å². The molecule has 16 heavy (non-hydrogen) atoms. The normalized spacial score (nSPS) is 13.9. The third kappa shape index (κ3) is 1.29. The van der Waals surface area contributed by atoms with Gasteiger partial charge in [0.05, 0.1) is 5.52 Å². The molecule has 2 aromatic rings. The number of aldehydes is 1. The Labute approximate surface area is 92.4 Å². The second kappa shape index (κ2) is 3.45. The molecule has 0 saturated heterocycles. The Hall–Kier alpha value is -2.16. The summed E-state index contributed by atoms with van der Waals surface area (Å²) in [7, 11) is 0. The molecule has 0 saturated carbocycles. The van der Waals surface area contributed by atoms with Gasteiger partial charge in [-0.1, -0.05) is 12.1 Å². The first-order valence-corrected chi connectivity index (χ1v) is 5.05. The van der Waals surface area contributed by atoms with Gasteiger partial charge in [-0.3, -0.25) is 9.78 Å². The van der Waals surface area contributed by atoms with E-state index in [-0.39, 0.29) is 0 Å². The number of aromatic nitrogens is 1. The molecule has 1 aromatic heterocycles. The number of pyridine rings is 1. The van der Waals surface area contributed by atoms with Gasteiger partial charge in [-0.15, -0.1) is 0 Å². The van der Waals surface area contributed by atoms with Crippen LogP contribution in [0.1, 0.15) is 5.56 Å². The lowest BCUT2D eigenvalue weighted by molar-refractivity contribution is -0.105. The third-order valence-electron chi connectivity index (χ3n) is 2.63. The predicted molar refractivity (Wildman–Crippen MR) is 61.3 cm³/mol. The van der Waals surface area contributed by atoms with Crippen molar-refractivity contribution >= 4 is 23.3 Å². The summed E-state index contributed by atoms with van der Waals surface area (Å²) >= 11 is 0. The summed E-state index contributed by atoms with van der Waals surface area (Å²) in [6.45, 7) is 0.338. The summed E-state index contributed by atoms with van der Waals surface area (Å²) in [5.41, 5.74) is 2.42. The van der Waals surface area contributed by atoms with Gasteiger partial charge in [-0.05, 0) is 18.2 Å². The smallest absolute Gasteiger partial charge is 0.149 e. The number of benzene rings is 1. The Bertz CT molecular complexity index is 602. The number of para-hydroxylation sites is 1. The molecular formula is C13H9NO2. The first-order chi connectivity index (χ1) is 7.88. The van der Waals surface area contributed by atoms with Gasteiger partial charge in [0.2, 0.25) is 0 Å². The van der Waals surface area contributed by atoms with E-state index in [9.17, 15) is 4.79 Å². The molecule has 0 aliphatic carbocycles. The van der Waals surface area contributed by atoms with Crippen LogP contribution in [0.2, 0.25) is 0 Å². The van der Waals surface area contributed by atoms with Crippen LogP contribution < -0.4 is 4.74 Å². The second-order valence-corrected chi connectivity index (χ2v) is 3.69. The minimum absolute atomic E-state index is 0.338. The summed E-state index contributed by atoms with van der Waals surface area (Å²) in [6.07, 6.45) is 4.38. The molecule has 1 aromatic carbocycles. The number of hydrogen-bond acceptors (Lipinski definition) is 3. The van der Waals surface area contributed by atoms with E-state index in [0.717, 1.165) is 28.5 Å². The van der Waals surface area contributed by atoms with Crippen molar-refractivity contribution < 1.29 is 9.53 Å². The van der Waals surface area contributed by atoms with Crippen molar-refractivity contribution in [1.29, 1.82) is 0 Å². The maximum absolute atomic E-state index is 10.7. The molecule has 3 nitrogen and oxygen atoms in total. The molecule has 0 spiro atoms. The van der Waals surface area contributed by atoms with E-state index >= 15 is 0 Å². The fraction of sp³-hybridized carbons (Fsp3) is 0.0769. The molecule has 0 unspecified atom stereocenters. The Kier molecular flexibility index (Phi) is 1.96. The third-order valence-corrected chi connectivity index (χ3v) is 2.63. The molecule has 1 aliphatic heterocycles. The van der Waals surface area contributed by atoms with Crippen molar-refractivity contribution in [2.75, 3.05) is 6.61 Å². The molecule has 0 fully saturated rings. The van der Waals surface area contributed by atoms with Crippen LogP contribution in [0.25, 0.3) is 17.0 Å². The van der Waals surface area contributed by atoms with Gasteiger partial charge in [-0.25, -0.2) is 0 Å². The van der Waals surface area contributed by atoms with E-state index in [1.54, 1.807) is 6.20 Å². The fourth-order valence-electron chi connectivity index (χ4n) is 1.86. The number of ether oxygens (including phenoxy) is 1. The van der Waals surface area contributed by atoms with E-state index in [2.05, 4.69) is 4.98 Å². The molecule has 0 amide bonds. The zero-order valence-corrected chi connectivity index (χ0v) is 8.51. The van der Waals surface area contributed by atoms with E-state index in [0.29, 0.717) is 12.2 Å². The van der Waals surface area contributed by atoms with E-state index in [1.165, 1.54) is 0 Å². The van der Waals surface area contributed by atoms with Crippen molar-refractivity contribution in [3.63, 3.8) is 0 Å². The minimum Gasteiger partial charge on any atom is -0.487 e. The Morgan fingerprint density at radius 2 is 2.19 bits per heavy atom. The SMILES string of the molecule is O=CC1=Cc2cnc3ccccc3c2OC1. The predicted octanol–water partition coefficient (Wildman–Crippen LogP) is 2.21. The molecule has 78 valence electrons. The standard InChI is InChI=1S/C13H9NO2/c15-7-9-5-10-6-14-12-4-2-1-3-11(12)13(10)16-8-9/h1-7H,8H2. The highest BCUT2D eigenvalue weighted by Crippen LogP contribution is 2.32. The van der Waals surface area contributed by atoms with E-state index in [4.69, 9.17) is 4.74 Å². The van der Waals surface area contributed by atoms with Crippen LogP contribution in [0, 0.1) is 0 Å². The molecular weight excluding hydrogens is 202 g/mol. The number of nitrogens with zero attached hydrogens (tertiary/aromatic N) is 1. The topological polar surface area (TPSA) is 39.2 Å². The van der Waals surface area contributed by atoms with Gasteiger partial charge in [0, 0.05) is 22.7 Å². The molecule has 3 heteroatoms. The van der Waals surface area contributed by atoms with Gasteiger partial charge >= 0.3 is 0 Å². The first-order valence-electron chi connectivity index (χ1n) is 5.05. The van der Waals surface area contributed by atoms with Crippen molar-refractivity contribution in [1.82, 2.24) is 4.98 Å². The zero-order valence-electron chi connectivity index (χ0n) is 8.51. The van der Waals surface area contributed by atoms with Gasteiger partial charge in [0.1, 0.15) is 18.6 Å². The van der Waals surface area contributed by atoms with Crippen molar-refractivity contribution in [2.45, 2.75) is 0 Å². The lowest BCUT2D eigenvalue weighted by Crippen LogP contribution is -2.08. The molecule has 0 N–H and O–H groups in total. The maximum atomic E-state index is 10.7. The minimum atomic E-state index is 0.338. The van der Waals surface area contributed by atoms with E-state index in [1.807, 2.05) is 30.3 Å². The average molecular weight is 211 g/mol. The van der Waals surface area contributed by atoms with Crippen LogP contribution in [-0.2, 0) is 4.79 Å². The van der Waals surface area contributed by atoms with E-state index < -0.39 is 0 Å². The fourth-order valence-corrected chi connectivity index (χ4v) is 1.86. The van der Waals surface area contributed by atoms with Crippen LogP contribution in [0.4, 0.5) is 0 Å². The summed E-state index contributed by atoms with van der Waals surface area (Å²) in [5.74, 6) is 0.816. The molecule has 0 radical (unpaired) electrons. The van der Waals surface area contributed by atoms with Gasteiger partial charge in [0.15, 0.2) is 0 Å². The first kappa shape index (κ1) is 9.09. The largest absolute Gasteiger partial charge is 0.487 e. The number of carbonyl (C=O) groups is 1. The number of hydrogen-bond donors (Lipinski definition) is 0. The van der Waals surface area contributed by atoms with Crippen LogP contribution >= 0.6 is 0 Å². The monoisotopic (exact) mass is 211 g/mol. The molecule has 2 heterocycles. The summed E-state index contributed by atoms with van der Waals surface area (Å²) < 4.78 is 5.60.